The van der Waals surface area contributed by atoms with E-state index in [0.717, 1.165) is 12.1 Å². The number of halogens is 3. The van der Waals surface area contributed by atoms with Crippen LogP contribution >= 0.6 is 0 Å². The molecule has 0 aliphatic heterocycles. The molecule has 0 bridgehead atoms. The van der Waals surface area contributed by atoms with Crippen molar-refractivity contribution in [3.05, 3.63) is 33.9 Å². The number of alkyl halides is 3. The quantitative estimate of drug-likeness (QED) is 0.665. The van der Waals surface area contributed by atoms with E-state index in [-0.39, 0.29) is 5.56 Å². The molecule has 0 radical (unpaired) electrons. The van der Waals surface area contributed by atoms with Crippen LogP contribution in [0.25, 0.3) is 0 Å². The van der Waals surface area contributed by atoms with Crippen molar-refractivity contribution >= 4 is 11.7 Å². The zero-order valence-corrected chi connectivity index (χ0v) is 11.2. The molecule has 2 rings (SSSR count). The molecule has 22 heavy (non-hydrogen) atoms. The fraction of sp³-hybridized carbons (Fsp3) is 0.462. The molecule has 1 N–H and O–H groups in total. The minimum Gasteiger partial charge on any atom is -0.481 e. The molecule has 9 heteroatoms. The van der Waals surface area contributed by atoms with Gasteiger partial charge >= 0.3 is 17.8 Å². The van der Waals surface area contributed by atoms with E-state index in [9.17, 15) is 33.2 Å². The van der Waals surface area contributed by atoms with E-state index in [1.54, 1.807) is 0 Å². The van der Waals surface area contributed by atoms with Gasteiger partial charge in [-0.25, -0.2) is 0 Å². The summed E-state index contributed by atoms with van der Waals surface area (Å²) in [6, 6.07) is 3.26. The Labute approximate surface area is 122 Å². The van der Waals surface area contributed by atoms with E-state index in [4.69, 9.17) is 0 Å². The fourth-order valence-electron chi connectivity index (χ4n) is 2.39. The van der Waals surface area contributed by atoms with Gasteiger partial charge in [-0.2, -0.15) is 13.2 Å². The van der Waals surface area contributed by atoms with Crippen LogP contribution in [0.2, 0.25) is 0 Å². The van der Waals surface area contributed by atoms with Crippen molar-refractivity contribution in [2.45, 2.75) is 30.9 Å². The van der Waals surface area contributed by atoms with Crippen LogP contribution in [0.1, 0.15) is 24.8 Å². The lowest BCUT2D eigenvalue weighted by Gasteiger charge is -2.38. The Morgan fingerprint density at radius 2 is 2.05 bits per heavy atom. The lowest BCUT2D eigenvalue weighted by atomic mass is 9.64. The fourth-order valence-corrected chi connectivity index (χ4v) is 2.39. The molecular weight excluding hydrogens is 307 g/mol. The molecule has 0 heterocycles. The normalized spacial score (nSPS) is 16.7. The highest BCUT2D eigenvalue weighted by atomic mass is 19.4. The summed E-state index contributed by atoms with van der Waals surface area (Å²) in [7, 11) is 0. The van der Waals surface area contributed by atoms with Gasteiger partial charge in [0.15, 0.2) is 12.4 Å². The van der Waals surface area contributed by atoms with Crippen LogP contribution in [0, 0.1) is 10.1 Å². The van der Waals surface area contributed by atoms with Crippen molar-refractivity contribution in [3.63, 3.8) is 0 Å². The van der Waals surface area contributed by atoms with Crippen LogP contribution in [0.5, 0.6) is 5.75 Å². The van der Waals surface area contributed by atoms with Gasteiger partial charge < -0.3 is 9.84 Å². The van der Waals surface area contributed by atoms with Crippen LogP contribution in [0.15, 0.2) is 18.2 Å². The first-order valence-corrected chi connectivity index (χ1v) is 6.37. The summed E-state index contributed by atoms with van der Waals surface area (Å²) in [4.78, 5) is 21.4. The SMILES string of the molecule is O=C(O)C1(c2ccc([N+](=O)[O-])c(OCC(F)(F)F)c2)CCC1. The van der Waals surface area contributed by atoms with E-state index in [1.807, 2.05) is 0 Å². The van der Waals surface area contributed by atoms with E-state index >= 15 is 0 Å². The average Bonchev–Trinajstić information content (AvgIpc) is 2.33. The molecular formula is C13H12F3NO5. The van der Waals surface area contributed by atoms with Gasteiger partial charge in [-0.3, -0.25) is 14.9 Å². The van der Waals surface area contributed by atoms with Gasteiger partial charge in [0.2, 0.25) is 0 Å². The lowest BCUT2D eigenvalue weighted by molar-refractivity contribution is -0.386. The van der Waals surface area contributed by atoms with Gasteiger partial charge in [0.25, 0.3) is 0 Å². The number of benzene rings is 1. The highest BCUT2D eigenvalue weighted by Crippen LogP contribution is 2.46. The number of carbonyl (C=O) groups is 1. The minimum absolute atomic E-state index is 0.217. The second kappa shape index (κ2) is 5.47. The van der Waals surface area contributed by atoms with Crippen molar-refractivity contribution in [3.8, 4) is 5.75 Å². The largest absolute Gasteiger partial charge is 0.481 e. The molecule has 1 aromatic carbocycles. The van der Waals surface area contributed by atoms with Gasteiger partial charge in [0.1, 0.15) is 0 Å². The Kier molecular flexibility index (Phi) is 3.99. The molecule has 0 unspecified atom stereocenters. The second-order valence-electron chi connectivity index (χ2n) is 5.08. The van der Waals surface area contributed by atoms with Gasteiger partial charge in [0, 0.05) is 6.07 Å². The maximum atomic E-state index is 12.2. The number of aliphatic carboxylic acids is 1. The highest BCUT2D eigenvalue weighted by molar-refractivity contribution is 5.83. The first kappa shape index (κ1) is 16.1. The monoisotopic (exact) mass is 319 g/mol. The standard InChI is InChI=1S/C13H12F3NO5/c14-13(15,16)7-22-10-6-8(2-3-9(10)17(20)21)12(11(18)19)4-1-5-12/h2-3,6H,1,4-5,7H2,(H,18,19). The Morgan fingerprint density at radius 1 is 1.41 bits per heavy atom. The number of hydrogen-bond acceptors (Lipinski definition) is 4. The molecule has 120 valence electrons. The molecule has 1 aromatic rings. The average molecular weight is 319 g/mol. The molecule has 1 saturated carbocycles. The Morgan fingerprint density at radius 3 is 2.45 bits per heavy atom. The third-order valence-corrected chi connectivity index (χ3v) is 3.72. The van der Waals surface area contributed by atoms with E-state index in [2.05, 4.69) is 4.74 Å². The number of nitro benzene ring substituents is 1. The number of nitro groups is 1. The third-order valence-electron chi connectivity index (χ3n) is 3.72. The smallest absolute Gasteiger partial charge is 0.422 e. The van der Waals surface area contributed by atoms with Gasteiger partial charge in [-0.1, -0.05) is 12.5 Å². The lowest BCUT2D eigenvalue weighted by Crippen LogP contribution is -2.42. The summed E-state index contributed by atoms with van der Waals surface area (Å²) in [6.07, 6.45) is -3.31. The number of carboxylic acid groups (broad SMARTS) is 1. The maximum absolute atomic E-state index is 12.2. The van der Waals surface area contributed by atoms with Crippen molar-refractivity contribution in [1.29, 1.82) is 0 Å². The third kappa shape index (κ3) is 2.97. The highest BCUT2D eigenvalue weighted by Gasteiger charge is 2.46. The summed E-state index contributed by atoms with van der Waals surface area (Å²) in [6.45, 7) is -1.68. The van der Waals surface area contributed by atoms with Gasteiger partial charge in [-0.05, 0) is 24.5 Å². The summed E-state index contributed by atoms with van der Waals surface area (Å²) in [5.41, 5.74) is -1.62. The van der Waals surface area contributed by atoms with Crippen LogP contribution < -0.4 is 4.74 Å². The van der Waals surface area contributed by atoms with Crippen LogP contribution in [-0.4, -0.2) is 28.8 Å². The predicted octanol–water partition coefficient (Wildman–Crippen LogP) is 3.04. The van der Waals surface area contributed by atoms with Crippen LogP contribution in [-0.2, 0) is 10.2 Å². The number of rotatable bonds is 5. The molecule has 1 fully saturated rings. The zero-order chi connectivity index (χ0) is 16.5. The summed E-state index contributed by atoms with van der Waals surface area (Å²) in [5, 5.41) is 20.2. The number of hydrogen-bond donors (Lipinski definition) is 1. The van der Waals surface area contributed by atoms with Crippen molar-refractivity contribution in [2.24, 2.45) is 0 Å². The van der Waals surface area contributed by atoms with E-state index in [1.165, 1.54) is 6.07 Å². The molecule has 0 atom stereocenters. The van der Waals surface area contributed by atoms with E-state index < -0.39 is 40.5 Å². The number of carboxylic acids is 1. The predicted molar refractivity (Wildman–Crippen MR) is 67.8 cm³/mol. The summed E-state index contributed by atoms with van der Waals surface area (Å²) >= 11 is 0. The molecule has 0 aromatic heterocycles. The molecule has 0 amide bonds. The second-order valence-corrected chi connectivity index (χ2v) is 5.08. The van der Waals surface area contributed by atoms with E-state index in [0.29, 0.717) is 19.3 Å². The maximum Gasteiger partial charge on any atom is 0.422 e. The zero-order valence-electron chi connectivity index (χ0n) is 11.2. The number of ether oxygens (including phenoxy) is 1. The first-order valence-electron chi connectivity index (χ1n) is 6.37. The van der Waals surface area contributed by atoms with Gasteiger partial charge in [0.05, 0.1) is 10.3 Å². The molecule has 0 saturated heterocycles. The Hall–Kier alpha value is -2.32. The summed E-state index contributed by atoms with van der Waals surface area (Å²) < 4.78 is 41.2. The molecule has 6 nitrogen and oxygen atoms in total. The molecule has 1 aliphatic rings. The summed E-state index contributed by atoms with van der Waals surface area (Å²) in [5.74, 6) is -1.68. The van der Waals surface area contributed by atoms with Crippen LogP contribution in [0.4, 0.5) is 18.9 Å². The topological polar surface area (TPSA) is 89.7 Å². The molecule has 0 spiro atoms. The van der Waals surface area contributed by atoms with Crippen LogP contribution in [0.3, 0.4) is 0 Å². The van der Waals surface area contributed by atoms with Crippen molar-refractivity contribution in [1.82, 2.24) is 0 Å². The minimum atomic E-state index is -4.65. The Balaban J connectivity index is 2.39. The Bertz CT molecular complexity index is 610. The van der Waals surface area contributed by atoms with Crippen molar-refractivity contribution < 1.29 is 32.7 Å². The number of nitrogens with zero attached hydrogens (tertiary/aromatic N) is 1. The van der Waals surface area contributed by atoms with Gasteiger partial charge in [-0.15, -0.1) is 0 Å². The molecule has 1 aliphatic carbocycles. The van der Waals surface area contributed by atoms with Crippen molar-refractivity contribution in [2.75, 3.05) is 6.61 Å². The first-order chi connectivity index (χ1) is 10.2.